The fourth-order valence-electron chi connectivity index (χ4n) is 3.46. The van der Waals surface area contributed by atoms with Gasteiger partial charge in [-0.15, -0.1) is 0 Å². The highest BCUT2D eigenvalue weighted by molar-refractivity contribution is 9.10. The summed E-state index contributed by atoms with van der Waals surface area (Å²) in [7, 11) is 3.96. The standard InChI is InChI=1S/C22H21BrN4O/c1-26(2)21-17-14-27(22(28)16-10-6-7-11-18(16)23)13-12-19(17)24-20(25-21)15-8-4-3-5-9-15/h3-11H,12-14H2,1-2H3. The first-order valence-corrected chi connectivity index (χ1v) is 10.00. The van der Waals surface area contributed by atoms with Crippen LogP contribution in [0.25, 0.3) is 11.4 Å². The van der Waals surface area contributed by atoms with Gasteiger partial charge in [0.1, 0.15) is 5.82 Å². The third-order valence-corrected chi connectivity index (χ3v) is 5.58. The second-order valence-corrected chi connectivity index (χ2v) is 7.87. The molecule has 2 aromatic carbocycles. The Balaban J connectivity index is 1.70. The minimum absolute atomic E-state index is 0.0231. The zero-order valence-corrected chi connectivity index (χ0v) is 17.5. The van der Waals surface area contributed by atoms with Crippen molar-refractivity contribution in [3.8, 4) is 11.4 Å². The largest absolute Gasteiger partial charge is 0.362 e. The van der Waals surface area contributed by atoms with Gasteiger partial charge < -0.3 is 9.80 Å². The van der Waals surface area contributed by atoms with Gasteiger partial charge in [0.2, 0.25) is 0 Å². The van der Waals surface area contributed by atoms with E-state index >= 15 is 0 Å². The lowest BCUT2D eigenvalue weighted by atomic mass is 10.0. The minimum Gasteiger partial charge on any atom is -0.362 e. The molecule has 1 aliphatic rings. The van der Waals surface area contributed by atoms with Crippen LogP contribution in [0.3, 0.4) is 0 Å². The van der Waals surface area contributed by atoms with Gasteiger partial charge in [-0.2, -0.15) is 0 Å². The number of benzene rings is 2. The van der Waals surface area contributed by atoms with Gasteiger partial charge in [0.25, 0.3) is 5.91 Å². The molecule has 0 radical (unpaired) electrons. The van der Waals surface area contributed by atoms with Crippen molar-refractivity contribution in [3.05, 3.63) is 75.9 Å². The van der Waals surface area contributed by atoms with Crippen LogP contribution in [0.15, 0.2) is 59.1 Å². The van der Waals surface area contributed by atoms with Crippen LogP contribution in [-0.4, -0.2) is 41.4 Å². The van der Waals surface area contributed by atoms with Gasteiger partial charge in [-0.1, -0.05) is 42.5 Å². The van der Waals surface area contributed by atoms with E-state index in [1.807, 2.05) is 78.5 Å². The molecule has 0 unspecified atom stereocenters. The van der Waals surface area contributed by atoms with Crippen molar-refractivity contribution in [2.75, 3.05) is 25.5 Å². The Morgan fingerprint density at radius 2 is 1.75 bits per heavy atom. The average Bonchev–Trinajstić information content (AvgIpc) is 2.73. The molecule has 0 aliphatic carbocycles. The number of carbonyl (C=O) groups excluding carboxylic acids is 1. The lowest BCUT2D eigenvalue weighted by molar-refractivity contribution is 0.0733. The average molecular weight is 437 g/mol. The lowest BCUT2D eigenvalue weighted by Crippen LogP contribution is -2.37. The summed E-state index contributed by atoms with van der Waals surface area (Å²) < 4.78 is 0.814. The minimum atomic E-state index is 0.0231. The third-order valence-electron chi connectivity index (χ3n) is 4.89. The van der Waals surface area contributed by atoms with Gasteiger partial charge >= 0.3 is 0 Å². The van der Waals surface area contributed by atoms with Crippen LogP contribution >= 0.6 is 15.9 Å². The number of amides is 1. The van der Waals surface area contributed by atoms with E-state index in [1.54, 1.807) is 0 Å². The van der Waals surface area contributed by atoms with Crippen molar-refractivity contribution >= 4 is 27.7 Å². The number of halogens is 1. The van der Waals surface area contributed by atoms with Crippen LogP contribution in [0.4, 0.5) is 5.82 Å². The molecule has 5 nitrogen and oxygen atoms in total. The smallest absolute Gasteiger partial charge is 0.255 e. The number of aromatic nitrogens is 2. The predicted octanol–water partition coefficient (Wildman–Crippen LogP) is 4.17. The second kappa shape index (κ2) is 7.72. The van der Waals surface area contributed by atoms with Gasteiger partial charge in [-0.05, 0) is 28.1 Å². The van der Waals surface area contributed by atoms with E-state index in [9.17, 15) is 4.79 Å². The van der Waals surface area contributed by atoms with E-state index in [0.29, 0.717) is 25.1 Å². The highest BCUT2D eigenvalue weighted by Gasteiger charge is 2.27. The Morgan fingerprint density at radius 1 is 1.04 bits per heavy atom. The number of hydrogen-bond donors (Lipinski definition) is 0. The molecule has 0 spiro atoms. The van der Waals surface area contributed by atoms with Crippen molar-refractivity contribution in [3.63, 3.8) is 0 Å². The van der Waals surface area contributed by atoms with Gasteiger partial charge in [0, 0.05) is 42.7 Å². The molecule has 6 heteroatoms. The summed E-state index contributed by atoms with van der Waals surface area (Å²) in [6.45, 7) is 1.16. The fourth-order valence-corrected chi connectivity index (χ4v) is 3.92. The van der Waals surface area contributed by atoms with Gasteiger partial charge in [-0.25, -0.2) is 9.97 Å². The summed E-state index contributed by atoms with van der Waals surface area (Å²) in [5.74, 6) is 1.62. The quantitative estimate of drug-likeness (QED) is 0.617. The molecule has 1 aliphatic heterocycles. The summed E-state index contributed by atoms with van der Waals surface area (Å²) in [6.07, 6.45) is 0.717. The maximum Gasteiger partial charge on any atom is 0.255 e. The van der Waals surface area contributed by atoms with E-state index in [4.69, 9.17) is 9.97 Å². The number of fused-ring (bicyclic) bond motifs is 1. The maximum atomic E-state index is 13.0. The molecule has 4 rings (SSSR count). The zero-order valence-electron chi connectivity index (χ0n) is 15.9. The molecular formula is C22H21BrN4O. The number of carbonyl (C=O) groups is 1. The van der Waals surface area contributed by atoms with Crippen LogP contribution in [0.2, 0.25) is 0 Å². The third kappa shape index (κ3) is 3.52. The van der Waals surface area contributed by atoms with E-state index in [-0.39, 0.29) is 5.91 Å². The number of rotatable bonds is 3. The Kier molecular flexibility index (Phi) is 5.13. The van der Waals surface area contributed by atoms with Crippen LogP contribution in [0, 0.1) is 0 Å². The molecule has 0 fully saturated rings. The summed E-state index contributed by atoms with van der Waals surface area (Å²) in [6, 6.07) is 17.6. The topological polar surface area (TPSA) is 49.3 Å². The first kappa shape index (κ1) is 18.6. The van der Waals surface area contributed by atoms with Crippen molar-refractivity contribution in [1.29, 1.82) is 0 Å². The van der Waals surface area contributed by atoms with E-state index < -0.39 is 0 Å². The highest BCUT2D eigenvalue weighted by Crippen LogP contribution is 2.30. The summed E-state index contributed by atoms with van der Waals surface area (Å²) in [5.41, 5.74) is 3.73. The SMILES string of the molecule is CN(C)c1nc(-c2ccccc2)nc2c1CN(C(=O)c1ccccc1Br)CC2. The lowest BCUT2D eigenvalue weighted by Gasteiger charge is -2.31. The van der Waals surface area contributed by atoms with Crippen molar-refractivity contribution in [2.24, 2.45) is 0 Å². The van der Waals surface area contributed by atoms with Crippen molar-refractivity contribution in [2.45, 2.75) is 13.0 Å². The summed E-state index contributed by atoms with van der Waals surface area (Å²) in [5, 5.41) is 0. The van der Waals surface area contributed by atoms with E-state index in [2.05, 4.69) is 15.9 Å². The van der Waals surface area contributed by atoms with Crippen LogP contribution in [0.1, 0.15) is 21.6 Å². The van der Waals surface area contributed by atoms with Crippen molar-refractivity contribution in [1.82, 2.24) is 14.9 Å². The first-order chi connectivity index (χ1) is 13.5. The molecule has 0 N–H and O–H groups in total. The summed E-state index contributed by atoms with van der Waals surface area (Å²) >= 11 is 3.49. The molecule has 142 valence electrons. The fraction of sp³-hybridized carbons (Fsp3) is 0.227. The normalized spacial score (nSPS) is 13.2. The molecule has 3 aromatic rings. The Hall–Kier alpha value is -2.73. The maximum absolute atomic E-state index is 13.0. The van der Waals surface area contributed by atoms with Crippen LogP contribution in [0.5, 0.6) is 0 Å². The molecule has 1 amide bonds. The second-order valence-electron chi connectivity index (χ2n) is 7.01. The van der Waals surface area contributed by atoms with E-state index in [0.717, 1.165) is 32.9 Å². The number of anilines is 1. The van der Waals surface area contributed by atoms with Crippen LogP contribution < -0.4 is 4.90 Å². The molecule has 0 bridgehead atoms. The molecule has 0 saturated carbocycles. The van der Waals surface area contributed by atoms with Gasteiger partial charge in [-0.3, -0.25) is 4.79 Å². The Labute approximate surface area is 173 Å². The number of hydrogen-bond acceptors (Lipinski definition) is 4. The van der Waals surface area contributed by atoms with E-state index in [1.165, 1.54) is 0 Å². The Morgan fingerprint density at radius 3 is 2.46 bits per heavy atom. The molecule has 28 heavy (non-hydrogen) atoms. The first-order valence-electron chi connectivity index (χ1n) is 9.21. The molecule has 0 atom stereocenters. The van der Waals surface area contributed by atoms with Gasteiger partial charge in [0.05, 0.1) is 17.8 Å². The predicted molar refractivity (Wildman–Crippen MR) is 114 cm³/mol. The molecule has 1 aromatic heterocycles. The Bertz CT molecular complexity index is 1020. The van der Waals surface area contributed by atoms with Crippen LogP contribution in [-0.2, 0) is 13.0 Å². The van der Waals surface area contributed by atoms with Gasteiger partial charge in [0.15, 0.2) is 5.82 Å². The monoisotopic (exact) mass is 436 g/mol. The highest BCUT2D eigenvalue weighted by atomic mass is 79.9. The zero-order chi connectivity index (χ0) is 19.7. The molecule has 0 saturated heterocycles. The molecule has 2 heterocycles. The number of nitrogens with zero attached hydrogens (tertiary/aromatic N) is 4. The summed E-state index contributed by atoms with van der Waals surface area (Å²) in [4.78, 5) is 26.5. The molecular weight excluding hydrogens is 416 g/mol. The van der Waals surface area contributed by atoms with Crippen molar-refractivity contribution < 1.29 is 4.79 Å².